The van der Waals surface area contributed by atoms with Crippen molar-refractivity contribution in [1.29, 1.82) is 0 Å². The maximum Gasteiger partial charge on any atom is 0.252 e. The summed E-state index contributed by atoms with van der Waals surface area (Å²) in [6.45, 7) is 3.27. The minimum Gasteiger partial charge on any atom is -0.385 e. The van der Waals surface area contributed by atoms with Gasteiger partial charge < -0.3 is 5.32 Å². The molecule has 2 nitrogen and oxygen atoms in total. The first kappa shape index (κ1) is 25.3. The van der Waals surface area contributed by atoms with Gasteiger partial charge in [0.05, 0.1) is 0 Å². The van der Waals surface area contributed by atoms with Gasteiger partial charge in [0.2, 0.25) is 0 Å². The molecule has 0 bridgehead atoms. The normalized spacial score (nSPS) is 10.4. The van der Waals surface area contributed by atoms with Crippen LogP contribution in [0.1, 0.15) is 101 Å². The minimum absolute atomic E-state index is 0. The third kappa shape index (κ3) is 13.5. The lowest BCUT2D eigenvalue weighted by molar-refractivity contribution is 0.108. The summed E-state index contributed by atoms with van der Waals surface area (Å²) in [6.07, 6.45) is 17.9. The third-order valence-corrected chi connectivity index (χ3v) is 4.94. The van der Waals surface area contributed by atoms with Crippen LogP contribution in [0.2, 0.25) is 0 Å². The molecular formula is C22H37Cl2NO. The Bertz CT molecular complexity index is 448. The van der Waals surface area contributed by atoms with Crippen molar-refractivity contribution in [2.45, 2.75) is 90.4 Å². The van der Waals surface area contributed by atoms with Gasteiger partial charge in [0, 0.05) is 17.8 Å². The Kier molecular flexibility index (Phi) is 17.2. The molecule has 0 aliphatic rings. The fourth-order valence-electron chi connectivity index (χ4n) is 3.09. The minimum atomic E-state index is -0.400. The van der Waals surface area contributed by atoms with E-state index < -0.39 is 5.24 Å². The van der Waals surface area contributed by atoms with Crippen LogP contribution in [0, 0.1) is 0 Å². The first-order valence-electron chi connectivity index (χ1n) is 10.3. The van der Waals surface area contributed by atoms with Gasteiger partial charge in [-0.2, -0.15) is 0 Å². The van der Waals surface area contributed by atoms with E-state index in [4.69, 9.17) is 11.6 Å². The van der Waals surface area contributed by atoms with Gasteiger partial charge in [-0.05, 0) is 42.3 Å². The second kappa shape index (κ2) is 17.7. The Hall–Kier alpha value is -0.730. The van der Waals surface area contributed by atoms with Gasteiger partial charge in [0.1, 0.15) is 0 Å². The van der Waals surface area contributed by atoms with Crippen molar-refractivity contribution in [3.05, 3.63) is 29.8 Å². The highest BCUT2D eigenvalue weighted by atomic mass is 35.5. The highest BCUT2D eigenvalue weighted by molar-refractivity contribution is 6.67. The lowest BCUT2D eigenvalue weighted by Crippen LogP contribution is -2.01. The molecule has 1 N–H and O–H groups in total. The smallest absolute Gasteiger partial charge is 0.252 e. The van der Waals surface area contributed by atoms with Gasteiger partial charge in [0.25, 0.3) is 5.24 Å². The van der Waals surface area contributed by atoms with Crippen molar-refractivity contribution in [2.24, 2.45) is 0 Å². The predicted molar refractivity (Wildman–Crippen MR) is 118 cm³/mol. The first-order chi connectivity index (χ1) is 12.2. The van der Waals surface area contributed by atoms with E-state index in [-0.39, 0.29) is 12.4 Å². The number of unbranched alkanes of at least 4 members (excludes halogenated alkanes) is 12. The fourth-order valence-corrected chi connectivity index (χ4v) is 3.22. The summed E-state index contributed by atoms with van der Waals surface area (Å²) in [5.74, 6) is 0. The zero-order valence-electron chi connectivity index (χ0n) is 16.4. The first-order valence-corrected chi connectivity index (χ1v) is 10.7. The molecule has 0 saturated heterocycles. The molecule has 0 fully saturated rings. The third-order valence-electron chi connectivity index (χ3n) is 4.72. The molecule has 1 rings (SSSR count). The average molecular weight is 402 g/mol. The fraction of sp³-hybridized carbons (Fsp3) is 0.682. The number of nitrogens with one attached hydrogen (secondary N) is 1. The molecule has 150 valence electrons. The van der Waals surface area contributed by atoms with E-state index >= 15 is 0 Å². The van der Waals surface area contributed by atoms with Crippen molar-refractivity contribution >= 4 is 34.9 Å². The van der Waals surface area contributed by atoms with Crippen LogP contribution in [0.15, 0.2) is 24.3 Å². The Morgan fingerprint density at radius 2 is 1.19 bits per heavy atom. The summed E-state index contributed by atoms with van der Waals surface area (Å²) in [6, 6.07) is 7.36. The molecule has 0 radical (unpaired) electrons. The van der Waals surface area contributed by atoms with Gasteiger partial charge in [-0.15, -0.1) is 12.4 Å². The molecule has 0 aliphatic carbocycles. The zero-order chi connectivity index (χ0) is 18.2. The van der Waals surface area contributed by atoms with Crippen LogP contribution in [0.5, 0.6) is 0 Å². The van der Waals surface area contributed by atoms with Crippen molar-refractivity contribution in [3.8, 4) is 0 Å². The van der Waals surface area contributed by atoms with Crippen molar-refractivity contribution < 1.29 is 4.79 Å². The van der Waals surface area contributed by atoms with Crippen LogP contribution in [0.4, 0.5) is 5.69 Å². The molecule has 0 aromatic heterocycles. The molecule has 0 atom stereocenters. The van der Waals surface area contributed by atoms with Crippen LogP contribution in [0.25, 0.3) is 0 Å². The number of carbonyl (C=O) groups excluding carboxylic acids is 1. The molecule has 4 heteroatoms. The summed E-state index contributed by atoms with van der Waals surface area (Å²) >= 11 is 5.44. The number of benzene rings is 1. The highest BCUT2D eigenvalue weighted by Gasteiger charge is 2.00. The van der Waals surface area contributed by atoms with Gasteiger partial charge in [0.15, 0.2) is 0 Å². The summed E-state index contributed by atoms with van der Waals surface area (Å²) < 4.78 is 0. The van der Waals surface area contributed by atoms with Crippen molar-refractivity contribution in [1.82, 2.24) is 0 Å². The van der Waals surface area contributed by atoms with Crippen molar-refractivity contribution in [2.75, 3.05) is 11.9 Å². The van der Waals surface area contributed by atoms with E-state index in [1.54, 1.807) is 12.1 Å². The van der Waals surface area contributed by atoms with Crippen LogP contribution in [-0.2, 0) is 0 Å². The van der Waals surface area contributed by atoms with Crippen molar-refractivity contribution in [3.63, 3.8) is 0 Å². The molecule has 0 unspecified atom stereocenters. The highest BCUT2D eigenvalue weighted by Crippen LogP contribution is 2.14. The molecule has 1 aromatic rings. The number of hydrogen-bond acceptors (Lipinski definition) is 2. The Balaban J connectivity index is 0.00000625. The van der Waals surface area contributed by atoms with Crippen LogP contribution >= 0.6 is 24.0 Å². The number of halogens is 2. The summed E-state index contributed by atoms with van der Waals surface area (Å²) in [4.78, 5) is 11.0. The number of rotatable bonds is 16. The summed E-state index contributed by atoms with van der Waals surface area (Å²) in [7, 11) is 0. The van der Waals surface area contributed by atoms with E-state index in [0.29, 0.717) is 5.56 Å². The van der Waals surface area contributed by atoms with Crippen LogP contribution in [-0.4, -0.2) is 11.8 Å². The number of carbonyl (C=O) groups is 1. The van der Waals surface area contributed by atoms with E-state index in [0.717, 1.165) is 12.2 Å². The summed E-state index contributed by atoms with van der Waals surface area (Å²) in [5.41, 5.74) is 1.61. The zero-order valence-corrected chi connectivity index (χ0v) is 18.0. The lowest BCUT2D eigenvalue weighted by Gasteiger charge is -2.07. The van der Waals surface area contributed by atoms with E-state index in [1.165, 1.54) is 83.5 Å². The van der Waals surface area contributed by atoms with Gasteiger partial charge in [-0.25, -0.2) is 0 Å². The van der Waals surface area contributed by atoms with E-state index in [1.807, 2.05) is 12.1 Å². The van der Waals surface area contributed by atoms with Crippen LogP contribution < -0.4 is 5.32 Å². The topological polar surface area (TPSA) is 29.1 Å². The lowest BCUT2D eigenvalue weighted by atomic mass is 10.0. The molecule has 0 aliphatic heterocycles. The quantitative estimate of drug-likeness (QED) is 0.224. The molecule has 26 heavy (non-hydrogen) atoms. The average Bonchev–Trinajstić information content (AvgIpc) is 2.62. The molecular weight excluding hydrogens is 365 g/mol. The predicted octanol–water partition coefficient (Wildman–Crippen LogP) is 7.99. The molecule has 0 spiro atoms. The Morgan fingerprint density at radius 1 is 0.769 bits per heavy atom. The Labute approximate surface area is 171 Å². The molecule has 0 amide bonds. The van der Waals surface area contributed by atoms with Gasteiger partial charge in [-0.3, -0.25) is 4.79 Å². The molecule has 0 saturated carbocycles. The standard InChI is InChI=1S/C22H36ClNO.ClH/c1-2-3-4-5-6-7-8-9-10-11-12-13-14-19-24-21-17-15-20(16-18-21)22(23)25;/h15-18,24H,2-14,19H2,1H3;1H. The SMILES string of the molecule is CCCCCCCCCCCCCCCNc1ccc(C(=O)Cl)cc1.Cl. The second-order valence-corrected chi connectivity index (χ2v) is 7.36. The monoisotopic (exact) mass is 401 g/mol. The van der Waals surface area contributed by atoms with Gasteiger partial charge in [-0.1, -0.05) is 84.0 Å². The van der Waals surface area contributed by atoms with Gasteiger partial charge >= 0.3 is 0 Å². The number of anilines is 1. The maximum absolute atomic E-state index is 11.0. The largest absolute Gasteiger partial charge is 0.385 e. The van der Waals surface area contributed by atoms with Crippen LogP contribution in [0.3, 0.4) is 0 Å². The second-order valence-electron chi connectivity index (χ2n) is 7.02. The maximum atomic E-state index is 11.0. The number of hydrogen-bond donors (Lipinski definition) is 1. The van der Waals surface area contributed by atoms with E-state index in [2.05, 4.69) is 12.2 Å². The van der Waals surface area contributed by atoms with E-state index in [9.17, 15) is 4.79 Å². The molecule has 1 aromatic carbocycles. The summed E-state index contributed by atoms with van der Waals surface area (Å²) in [5, 5.41) is 3.00. The Morgan fingerprint density at radius 3 is 1.62 bits per heavy atom. The molecule has 0 heterocycles.